The van der Waals surface area contributed by atoms with E-state index in [4.69, 9.17) is 4.74 Å². The maximum atomic E-state index is 5.85. The Morgan fingerprint density at radius 1 is 1.21 bits per heavy atom. The Morgan fingerprint density at radius 2 is 2.05 bits per heavy atom. The van der Waals surface area contributed by atoms with Crippen molar-refractivity contribution >= 4 is 15.9 Å². The molecule has 1 aromatic heterocycles. The Labute approximate surface area is 120 Å². The van der Waals surface area contributed by atoms with Crippen LogP contribution in [-0.4, -0.2) is 21.4 Å². The minimum Gasteiger partial charge on any atom is -0.370 e. The van der Waals surface area contributed by atoms with Gasteiger partial charge in [0.15, 0.2) is 5.82 Å². The molecule has 0 N–H and O–H groups in total. The maximum Gasteiger partial charge on any atom is 0.166 e. The second kappa shape index (κ2) is 5.84. The average Bonchev–Trinajstić information content (AvgIpc) is 2.93. The van der Waals surface area contributed by atoms with E-state index in [0.717, 1.165) is 36.8 Å². The summed E-state index contributed by atoms with van der Waals surface area (Å²) in [4.78, 5) is 0. The van der Waals surface area contributed by atoms with E-state index in [0.29, 0.717) is 5.33 Å². The molecule has 1 saturated heterocycles. The Morgan fingerprint density at radius 3 is 2.74 bits per heavy atom. The zero-order valence-corrected chi connectivity index (χ0v) is 12.2. The highest BCUT2D eigenvalue weighted by atomic mass is 79.9. The summed E-state index contributed by atoms with van der Waals surface area (Å²) in [6, 6.07) is 10.2. The van der Waals surface area contributed by atoms with E-state index >= 15 is 0 Å². The number of nitrogens with zero attached hydrogens (tertiary/aromatic N) is 3. The van der Waals surface area contributed by atoms with Crippen LogP contribution in [0.4, 0.5) is 0 Å². The van der Waals surface area contributed by atoms with Gasteiger partial charge in [0.1, 0.15) is 11.9 Å². The van der Waals surface area contributed by atoms with Crippen LogP contribution in [0.5, 0.6) is 0 Å². The number of para-hydroxylation sites is 1. The third-order valence-electron chi connectivity index (χ3n) is 3.36. The molecule has 100 valence electrons. The minimum atomic E-state index is 0.0641. The summed E-state index contributed by atoms with van der Waals surface area (Å²) in [5.74, 6) is 1.83. The molecule has 0 aliphatic carbocycles. The van der Waals surface area contributed by atoms with Crippen molar-refractivity contribution in [2.45, 2.75) is 30.7 Å². The first kappa shape index (κ1) is 12.8. The fourth-order valence-corrected chi connectivity index (χ4v) is 2.79. The molecule has 4 nitrogen and oxygen atoms in total. The van der Waals surface area contributed by atoms with Gasteiger partial charge in [0, 0.05) is 12.3 Å². The Bertz CT molecular complexity index is 535. The van der Waals surface area contributed by atoms with E-state index < -0.39 is 0 Å². The highest BCUT2D eigenvalue weighted by Gasteiger charge is 2.24. The summed E-state index contributed by atoms with van der Waals surface area (Å²) in [5.41, 5.74) is 1.09. The number of benzene rings is 1. The second-order valence-corrected chi connectivity index (χ2v) is 5.19. The normalized spacial score (nSPS) is 19.5. The molecule has 0 saturated carbocycles. The number of halogens is 1. The minimum absolute atomic E-state index is 0.0641. The lowest BCUT2D eigenvalue weighted by Crippen LogP contribution is -2.16. The van der Waals surface area contributed by atoms with Gasteiger partial charge in [-0.25, -0.2) is 0 Å². The zero-order valence-electron chi connectivity index (χ0n) is 10.6. The van der Waals surface area contributed by atoms with E-state index in [2.05, 4.69) is 42.8 Å². The van der Waals surface area contributed by atoms with Crippen LogP contribution < -0.4 is 0 Å². The Hall–Kier alpha value is -1.20. The first-order valence-corrected chi connectivity index (χ1v) is 7.69. The molecule has 1 unspecified atom stereocenters. The van der Waals surface area contributed by atoms with E-state index in [9.17, 15) is 0 Å². The number of hydrogen-bond acceptors (Lipinski definition) is 3. The summed E-state index contributed by atoms with van der Waals surface area (Å²) < 4.78 is 7.95. The van der Waals surface area contributed by atoms with Gasteiger partial charge < -0.3 is 4.74 Å². The molecule has 2 aromatic rings. The molecule has 1 aliphatic rings. The van der Waals surface area contributed by atoms with Gasteiger partial charge in [-0.05, 0) is 31.4 Å². The van der Waals surface area contributed by atoms with Crippen molar-refractivity contribution in [1.82, 2.24) is 14.8 Å². The van der Waals surface area contributed by atoms with Gasteiger partial charge in [0.05, 0.1) is 5.33 Å². The highest BCUT2D eigenvalue weighted by Crippen LogP contribution is 2.29. The van der Waals surface area contributed by atoms with Crippen LogP contribution in [0.2, 0.25) is 0 Å². The second-order valence-electron chi connectivity index (χ2n) is 4.63. The lowest BCUT2D eigenvalue weighted by molar-refractivity contribution is 0.00834. The van der Waals surface area contributed by atoms with E-state index in [-0.39, 0.29) is 6.10 Å². The van der Waals surface area contributed by atoms with Crippen molar-refractivity contribution in [3.05, 3.63) is 42.0 Å². The molecule has 0 spiro atoms. The number of alkyl halides is 1. The van der Waals surface area contributed by atoms with Crippen LogP contribution in [0.3, 0.4) is 0 Å². The Kier molecular flexibility index (Phi) is 3.94. The zero-order chi connectivity index (χ0) is 13.1. The first-order chi connectivity index (χ1) is 9.40. The number of rotatable bonds is 3. The molecule has 2 heterocycles. The molecule has 0 amide bonds. The topological polar surface area (TPSA) is 39.9 Å². The van der Waals surface area contributed by atoms with Crippen molar-refractivity contribution in [2.24, 2.45) is 0 Å². The summed E-state index contributed by atoms with van der Waals surface area (Å²) in [6.07, 6.45) is 3.42. The molecule has 19 heavy (non-hydrogen) atoms. The van der Waals surface area contributed by atoms with Crippen LogP contribution in [0.15, 0.2) is 30.3 Å². The number of ether oxygens (including phenoxy) is 1. The van der Waals surface area contributed by atoms with Crippen molar-refractivity contribution < 1.29 is 4.74 Å². The summed E-state index contributed by atoms with van der Waals surface area (Å²) >= 11 is 3.48. The van der Waals surface area contributed by atoms with Gasteiger partial charge in [-0.3, -0.25) is 4.57 Å². The van der Waals surface area contributed by atoms with Crippen LogP contribution >= 0.6 is 15.9 Å². The average molecular weight is 322 g/mol. The van der Waals surface area contributed by atoms with Gasteiger partial charge >= 0.3 is 0 Å². The Balaban J connectivity index is 2.03. The smallest absolute Gasteiger partial charge is 0.166 e. The van der Waals surface area contributed by atoms with E-state index in [1.807, 2.05) is 18.2 Å². The largest absolute Gasteiger partial charge is 0.370 e. The highest BCUT2D eigenvalue weighted by molar-refractivity contribution is 9.08. The molecule has 1 aliphatic heterocycles. The van der Waals surface area contributed by atoms with Crippen molar-refractivity contribution in [1.29, 1.82) is 0 Å². The van der Waals surface area contributed by atoms with Crippen LogP contribution in [-0.2, 0) is 10.1 Å². The lowest BCUT2D eigenvalue weighted by Gasteiger charge is -2.22. The van der Waals surface area contributed by atoms with Gasteiger partial charge in [0.2, 0.25) is 0 Å². The van der Waals surface area contributed by atoms with Gasteiger partial charge in [-0.2, -0.15) is 0 Å². The maximum absolute atomic E-state index is 5.85. The van der Waals surface area contributed by atoms with E-state index in [1.54, 1.807) is 0 Å². The summed E-state index contributed by atoms with van der Waals surface area (Å²) in [6.45, 7) is 0.815. The van der Waals surface area contributed by atoms with Crippen LogP contribution in [0.1, 0.15) is 37.0 Å². The van der Waals surface area contributed by atoms with Crippen LogP contribution in [0.25, 0.3) is 5.69 Å². The third kappa shape index (κ3) is 2.58. The van der Waals surface area contributed by atoms with Crippen molar-refractivity contribution in [2.75, 3.05) is 6.61 Å². The van der Waals surface area contributed by atoms with Gasteiger partial charge in [-0.1, -0.05) is 34.1 Å². The molecule has 0 bridgehead atoms. The molecular weight excluding hydrogens is 306 g/mol. The fraction of sp³-hybridized carbons (Fsp3) is 0.429. The lowest BCUT2D eigenvalue weighted by atomic mass is 10.1. The summed E-state index contributed by atoms with van der Waals surface area (Å²) in [5, 5.41) is 9.30. The summed E-state index contributed by atoms with van der Waals surface area (Å²) in [7, 11) is 0. The molecule has 1 fully saturated rings. The van der Waals surface area contributed by atoms with Crippen LogP contribution in [0, 0.1) is 0 Å². The van der Waals surface area contributed by atoms with Crippen molar-refractivity contribution in [3.8, 4) is 5.69 Å². The molecule has 1 atom stereocenters. The molecule has 1 aromatic carbocycles. The van der Waals surface area contributed by atoms with E-state index in [1.165, 1.54) is 6.42 Å². The monoisotopic (exact) mass is 321 g/mol. The predicted molar refractivity (Wildman–Crippen MR) is 76.5 cm³/mol. The number of aromatic nitrogens is 3. The fourth-order valence-electron chi connectivity index (χ4n) is 2.43. The van der Waals surface area contributed by atoms with Gasteiger partial charge in [0.25, 0.3) is 0 Å². The van der Waals surface area contributed by atoms with Crippen molar-refractivity contribution in [3.63, 3.8) is 0 Å². The molecule has 3 rings (SSSR count). The molecule has 5 heteroatoms. The predicted octanol–water partition coefficient (Wildman–Crippen LogP) is 3.40. The van der Waals surface area contributed by atoms with Gasteiger partial charge in [-0.15, -0.1) is 10.2 Å². The molecular formula is C14H16BrN3O. The number of hydrogen-bond donors (Lipinski definition) is 0. The molecule has 0 radical (unpaired) electrons. The SMILES string of the molecule is BrCc1nnc(C2CCCCO2)n1-c1ccccc1. The first-order valence-electron chi connectivity index (χ1n) is 6.57. The standard InChI is InChI=1S/C14H16BrN3O/c15-10-13-16-17-14(12-8-4-5-9-19-12)18(13)11-6-2-1-3-7-11/h1-3,6-7,12H,4-5,8-10H2. The third-order valence-corrected chi connectivity index (χ3v) is 3.86. The quantitative estimate of drug-likeness (QED) is 0.813.